The number of alkyl halides is 3. The molecule has 1 nitrogen and oxygen atoms in total. The summed E-state index contributed by atoms with van der Waals surface area (Å²) in [6, 6.07) is 4.16. The highest BCUT2D eigenvalue weighted by Gasteiger charge is 2.27. The molecule has 0 aromatic heterocycles. The van der Waals surface area contributed by atoms with E-state index in [0.29, 0.717) is 5.69 Å². The molecule has 16 heavy (non-hydrogen) atoms. The summed E-state index contributed by atoms with van der Waals surface area (Å²) >= 11 is -0.0934. The number of thioether (sulfide) groups is 1. The van der Waals surface area contributed by atoms with Crippen LogP contribution in [-0.2, 0) is 0 Å². The summed E-state index contributed by atoms with van der Waals surface area (Å²) in [4.78, 5) is 0. The van der Waals surface area contributed by atoms with Crippen molar-refractivity contribution >= 4 is 17.4 Å². The molecule has 1 aromatic rings. The van der Waals surface area contributed by atoms with Crippen LogP contribution in [0, 0.1) is 12.7 Å². The molecule has 0 aliphatic rings. The van der Waals surface area contributed by atoms with E-state index >= 15 is 0 Å². The molecule has 0 unspecified atom stereocenters. The van der Waals surface area contributed by atoms with Crippen molar-refractivity contribution in [3.63, 3.8) is 0 Å². The molecule has 0 aliphatic carbocycles. The second-order valence-electron chi connectivity index (χ2n) is 3.18. The average Bonchev–Trinajstić information content (AvgIpc) is 2.16. The van der Waals surface area contributed by atoms with Gasteiger partial charge >= 0.3 is 5.51 Å². The lowest BCUT2D eigenvalue weighted by atomic mass is 10.2. The average molecular weight is 253 g/mol. The summed E-state index contributed by atoms with van der Waals surface area (Å²) in [6.45, 7) is 1.91. The first kappa shape index (κ1) is 13.2. The maximum absolute atomic E-state index is 12.8. The maximum Gasteiger partial charge on any atom is 0.441 e. The minimum atomic E-state index is -4.21. The van der Waals surface area contributed by atoms with Gasteiger partial charge in [0.2, 0.25) is 0 Å². The lowest BCUT2D eigenvalue weighted by molar-refractivity contribution is -0.0327. The maximum atomic E-state index is 12.8. The summed E-state index contributed by atoms with van der Waals surface area (Å²) < 4.78 is 48.2. The Labute approximate surface area is 95.2 Å². The quantitative estimate of drug-likeness (QED) is 0.647. The number of hydrogen-bond acceptors (Lipinski definition) is 2. The third kappa shape index (κ3) is 4.74. The Bertz CT molecular complexity index is 351. The molecule has 1 aromatic carbocycles. The summed E-state index contributed by atoms with van der Waals surface area (Å²) in [5, 5.41) is 2.77. The van der Waals surface area contributed by atoms with Crippen LogP contribution in [0.5, 0.6) is 0 Å². The van der Waals surface area contributed by atoms with Gasteiger partial charge in [-0.05, 0) is 36.4 Å². The standard InChI is InChI=1S/C10H11F4NS/c1-7-2-3-8(11)6-9(7)15-4-5-16-10(12,13)14/h2-3,6,15H,4-5H2,1H3. The number of benzene rings is 1. The van der Waals surface area contributed by atoms with Crippen LogP contribution in [-0.4, -0.2) is 17.8 Å². The number of halogens is 4. The monoisotopic (exact) mass is 253 g/mol. The fourth-order valence-corrected chi connectivity index (χ4v) is 1.57. The van der Waals surface area contributed by atoms with Gasteiger partial charge in [-0.15, -0.1) is 0 Å². The zero-order chi connectivity index (χ0) is 12.2. The number of rotatable bonds is 4. The molecule has 6 heteroatoms. The van der Waals surface area contributed by atoms with Crippen LogP contribution in [0.2, 0.25) is 0 Å². The van der Waals surface area contributed by atoms with Crippen LogP contribution in [0.25, 0.3) is 0 Å². The lowest BCUT2D eigenvalue weighted by Gasteiger charge is -2.10. The minimum Gasteiger partial charge on any atom is -0.384 e. The van der Waals surface area contributed by atoms with Gasteiger partial charge in [-0.1, -0.05) is 6.07 Å². The predicted octanol–water partition coefficient (Wildman–Crippen LogP) is 3.80. The molecule has 90 valence electrons. The fraction of sp³-hybridized carbons (Fsp3) is 0.400. The first-order chi connectivity index (χ1) is 7.38. The molecule has 0 aliphatic heterocycles. The van der Waals surface area contributed by atoms with Crippen molar-refractivity contribution in [2.45, 2.75) is 12.4 Å². The number of aryl methyl sites for hydroxylation is 1. The molecule has 0 bridgehead atoms. The molecule has 0 amide bonds. The highest BCUT2D eigenvalue weighted by Crippen LogP contribution is 2.29. The van der Waals surface area contributed by atoms with Crippen LogP contribution in [0.4, 0.5) is 23.2 Å². The zero-order valence-electron chi connectivity index (χ0n) is 8.57. The zero-order valence-corrected chi connectivity index (χ0v) is 9.38. The van der Waals surface area contributed by atoms with Crippen LogP contribution in [0.1, 0.15) is 5.56 Å². The molecule has 0 spiro atoms. The van der Waals surface area contributed by atoms with Gasteiger partial charge < -0.3 is 5.32 Å². The Morgan fingerprint density at radius 1 is 1.31 bits per heavy atom. The van der Waals surface area contributed by atoms with Gasteiger partial charge in [0.05, 0.1) is 0 Å². The van der Waals surface area contributed by atoms with Gasteiger partial charge in [0, 0.05) is 18.0 Å². The van der Waals surface area contributed by atoms with Crippen LogP contribution >= 0.6 is 11.8 Å². The molecular formula is C10H11F4NS. The minimum absolute atomic E-state index is 0.0934. The van der Waals surface area contributed by atoms with E-state index in [2.05, 4.69) is 5.32 Å². The first-order valence-electron chi connectivity index (χ1n) is 4.59. The summed E-state index contributed by atoms with van der Waals surface area (Å²) in [7, 11) is 0. The van der Waals surface area contributed by atoms with E-state index in [1.54, 1.807) is 13.0 Å². The molecule has 0 radical (unpaired) electrons. The predicted molar refractivity (Wildman–Crippen MR) is 58.1 cm³/mol. The number of hydrogen-bond donors (Lipinski definition) is 1. The van der Waals surface area contributed by atoms with E-state index in [1.165, 1.54) is 12.1 Å². The molecular weight excluding hydrogens is 242 g/mol. The fourth-order valence-electron chi connectivity index (χ4n) is 1.14. The Hall–Kier alpha value is -0.910. The second kappa shape index (κ2) is 5.43. The third-order valence-corrected chi connectivity index (χ3v) is 2.62. The number of anilines is 1. The van der Waals surface area contributed by atoms with E-state index < -0.39 is 11.3 Å². The molecule has 1 rings (SSSR count). The van der Waals surface area contributed by atoms with Crippen LogP contribution in [0.3, 0.4) is 0 Å². The molecule has 0 atom stereocenters. The lowest BCUT2D eigenvalue weighted by Crippen LogP contribution is -2.10. The Morgan fingerprint density at radius 2 is 2.00 bits per heavy atom. The second-order valence-corrected chi connectivity index (χ2v) is 4.34. The summed E-state index contributed by atoms with van der Waals surface area (Å²) in [5.41, 5.74) is -2.88. The van der Waals surface area contributed by atoms with Gasteiger partial charge in [-0.2, -0.15) is 13.2 Å². The number of nitrogens with one attached hydrogen (secondary N) is 1. The van der Waals surface area contributed by atoms with Crippen LogP contribution < -0.4 is 5.32 Å². The van der Waals surface area contributed by atoms with Crippen molar-refractivity contribution in [3.8, 4) is 0 Å². The van der Waals surface area contributed by atoms with E-state index in [4.69, 9.17) is 0 Å². The third-order valence-electron chi connectivity index (χ3n) is 1.88. The Morgan fingerprint density at radius 3 is 2.62 bits per heavy atom. The van der Waals surface area contributed by atoms with Gasteiger partial charge in [0.25, 0.3) is 0 Å². The van der Waals surface area contributed by atoms with Gasteiger partial charge in [-0.25, -0.2) is 4.39 Å². The highest BCUT2D eigenvalue weighted by molar-refractivity contribution is 8.00. The van der Waals surface area contributed by atoms with E-state index in [1.807, 2.05) is 0 Å². The molecule has 0 saturated carbocycles. The van der Waals surface area contributed by atoms with Crippen molar-refractivity contribution in [2.75, 3.05) is 17.6 Å². The van der Waals surface area contributed by atoms with Gasteiger partial charge in [0.1, 0.15) is 5.82 Å². The first-order valence-corrected chi connectivity index (χ1v) is 5.58. The summed E-state index contributed by atoms with van der Waals surface area (Å²) in [5.74, 6) is -0.504. The Kier molecular flexibility index (Phi) is 4.46. The molecule has 0 saturated heterocycles. The molecule has 1 N–H and O–H groups in total. The summed E-state index contributed by atoms with van der Waals surface area (Å²) in [6.07, 6.45) is 0. The normalized spacial score (nSPS) is 11.6. The molecule has 0 heterocycles. The van der Waals surface area contributed by atoms with Gasteiger partial charge in [0.15, 0.2) is 0 Å². The van der Waals surface area contributed by atoms with Gasteiger partial charge in [-0.3, -0.25) is 0 Å². The topological polar surface area (TPSA) is 12.0 Å². The van der Waals surface area contributed by atoms with Crippen molar-refractivity contribution in [1.82, 2.24) is 0 Å². The van der Waals surface area contributed by atoms with Crippen molar-refractivity contribution < 1.29 is 17.6 Å². The Balaban J connectivity index is 2.40. The SMILES string of the molecule is Cc1ccc(F)cc1NCCSC(F)(F)F. The largest absolute Gasteiger partial charge is 0.441 e. The van der Waals surface area contributed by atoms with E-state index in [0.717, 1.165) is 5.56 Å². The molecule has 0 fully saturated rings. The van der Waals surface area contributed by atoms with E-state index in [9.17, 15) is 17.6 Å². The van der Waals surface area contributed by atoms with E-state index in [-0.39, 0.29) is 24.1 Å². The van der Waals surface area contributed by atoms with Crippen molar-refractivity contribution in [3.05, 3.63) is 29.6 Å². The van der Waals surface area contributed by atoms with Crippen LogP contribution in [0.15, 0.2) is 18.2 Å². The van der Waals surface area contributed by atoms with Crippen molar-refractivity contribution in [1.29, 1.82) is 0 Å². The smallest absolute Gasteiger partial charge is 0.384 e. The van der Waals surface area contributed by atoms with Crippen molar-refractivity contribution in [2.24, 2.45) is 0 Å². The highest BCUT2D eigenvalue weighted by atomic mass is 32.2.